The van der Waals surface area contributed by atoms with Gasteiger partial charge in [-0.1, -0.05) is 11.3 Å². The molecule has 0 N–H and O–H groups in total. The van der Waals surface area contributed by atoms with E-state index in [0.29, 0.717) is 9.52 Å². The average Bonchev–Trinajstić information content (AvgIpc) is 2.20. The van der Waals surface area contributed by atoms with Gasteiger partial charge in [0.2, 0.25) is 0 Å². The minimum atomic E-state index is 0.00866. The molecule has 0 aromatic carbocycles. The molecule has 0 spiro atoms. The standard InChI is InChI=1S/C11H20O2Si/c1-3-12-11(13-4-2)14-10-8-6-5-7-9-10/h8,11H,3-7,9H2,1-2H3. The van der Waals surface area contributed by atoms with E-state index >= 15 is 0 Å². The first-order chi connectivity index (χ1) is 6.86. The van der Waals surface area contributed by atoms with Crippen LogP contribution in [0.2, 0.25) is 0 Å². The molecule has 0 aliphatic heterocycles. The second-order valence-electron chi connectivity index (χ2n) is 3.36. The van der Waals surface area contributed by atoms with Crippen molar-refractivity contribution in [3.8, 4) is 0 Å². The van der Waals surface area contributed by atoms with E-state index in [4.69, 9.17) is 9.47 Å². The van der Waals surface area contributed by atoms with Gasteiger partial charge in [0.15, 0.2) is 9.52 Å². The highest BCUT2D eigenvalue weighted by Crippen LogP contribution is 2.17. The number of ether oxygens (including phenoxy) is 2. The topological polar surface area (TPSA) is 18.5 Å². The van der Waals surface area contributed by atoms with Crippen molar-refractivity contribution in [2.45, 2.75) is 45.4 Å². The molecule has 3 heteroatoms. The lowest BCUT2D eigenvalue weighted by molar-refractivity contribution is -0.0821. The van der Waals surface area contributed by atoms with Gasteiger partial charge in [0, 0.05) is 13.2 Å². The summed E-state index contributed by atoms with van der Waals surface area (Å²) in [6.07, 6.45) is 7.54. The fourth-order valence-electron chi connectivity index (χ4n) is 1.55. The van der Waals surface area contributed by atoms with E-state index in [1.807, 2.05) is 13.8 Å². The molecule has 0 heterocycles. The molecule has 1 aliphatic rings. The summed E-state index contributed by atoms with van der Waals surface area (Å²) in [6, 6.07) is 0. The summed E-state index contributed by atoms with van der Waals surface area (Å²) in [5.74, 6) is 0.00866. The van der Waals surface area contributed by atoms with E-state index in [1.165, 1.54) is 25.7 Å². The van der Waals surface area contributed by atoms with Crippen LogP contribution in [-0.2, 0) is 9.47 Å². The van der Waals surface area contributed by atoms with Gasteiger partial charge in [-0.05, 0) is 39.5 Å². The second kappa shape index (κ2) is 7.21. The van der Waals surface area contributed by atoms with Crippen molar-refractivity contribution in [2.75, 3.05) is 13.2 Å². The molecular weight excluding hydrogens is 192 g/mol. The largest absolute Gasteiger partial charge is 0.357 e. The van der Waals surface area contributed by atoms with Crippen LogP contribution in [-0.4, -0.2) is 28.6 Å². The summed E-state index contributed by atoms with van der Waals surface area (Å²) >= 11 is 0. The SMILES string of the molecule is CCOC(OCC)[Si]C1=CCCCC1. The van der Waals surface area contributed by atoms with Gasteiger partial charge in [0.1, 0.15) is 5.91 Å². The van der Waals surface area contributed by atoms with E-state index < -0.39 is 0 Å². The number of rotatable bonds is 6. The van der Waals surface area contributed by atoms with E-state index in [9.17, 15) is 0 Å². The number of allylic oxidation sites excluding steroid dienone is 2. The lowest BCUT2D eigenvalue weighted by Crippen LogP contribution is -2.26. The van der Waals surface area contributed by atoms with E-state index in [1.54, 1.807) is 5.20 Å². The molecule has 0 saturated carbocycles. The minimum Gasteiger partial charge on any atom is -0.357 e. The molecule has 1 rings (SSSR count). The number of hydrogen-bond acceptors (Lipinski definition) is 2. The minimum absolute atomic E-state index is 0.00866. The Hall–Kier alpha value is -0.123. The Morgan fingerprint density at radius 1 is 1.29 bits per heavy atom. The summed E-state index contributed by atoms with van der Waals surface area (Å²) in [4.78, 5) is 0. The molecule has 1 aliphatic carbocycles. The molecule has 0 amide bonds. The van der Waals surface area contributed by atoms with Crippen LogP contribution in [0, 0.1) is 0 Å². The Morgan fingerprint density at radius 3 is 2.50 bits per heavy atom. The molecule has 0 bridgehead atoms. The molecule has 0 unspecified atom stereocenters. The van der Waals surface area contributed by atoms with Gasteiger partial charge >= 0.3 is 0 Å². The van der Waals surface area contributed by atoms with Crippen molar-refractivity contribution >= 4 is 9.52 Å². The molecule has 0 aromatic rings. The lowest BCUT2D eigenvalue weighted by Gasteiger charge is -2.19. The molecule has 14 heavy (non-hydrogen) atoms. The quantitative estimate of drug-likeness (QED) is 0.497. The predicted molar refractivity (Wildman–Crippen MR) is 59.3 cm³/mol. The third-order valence-corrected chi connectivity index (χ3v) is 3.62. The Labute approximate surface area is 89.5 Å². The molecule has 0 fully saturated rings. The van der Waals surface area contributed by atoms with E-state index in [2.05, 4.69) is 6.08 Å². The first-order valence-electron chi connectivity index (χ1n) is 5.55. The zero-order valence-corrected chi connectivity index (χ0v) is 10.2. The summed E-state index contributed by atoms with van der Waals surface area (Å²) < 4.78 is 11.1. The highest BCUT2D eigenvalue weighted by Gasteiger charge is 2.14. The number of hydrogen-bond donors (Lipinski definition) is 0. The summed E-state index contributed by atoms with van der Waals surface area (Å²) in [7, 11) is 0.703. The second-order valence-corrected chi connectivity index (χ2v) is 4.76. The van der Waals surface area contributed by atoms with Crippen LogP contribution in [0.4, 0.5) is 0 Å². The monoisotopic (exact) mass is 212 g/mol. The average molecular weight is 212 g/mol. The summed E-state index contributed by atoms with van der Waals surface area (Å²) in [6.45, 7) is 5.52. The summed E-state index contributed by atoms with van der Waals surface area (Å²) in [5.41, 5.74) is 0. The van der Waals surface area contributed by atoms with Gasteiger partial charge in [-0.15, -0.1) is 0 Å². The van der Waals surface area contributed by atoms with Crippen molar-refractivity contribution in [3.05, 3.63) is 11.3 Å². The first-order valence-corrected chi connectivity index (χ1v) is 6.63. The van der Waals surface area contributed by atoms with Crippen LogP contribution in [0.3, 0.4) is 0 Å². The maximum Gasteiger partial charge on any atom is 0.151 e. The van der Waals surface area contributed by atoms with E-state index in [0.717, 1.165) is 13.2 Å². The van der Waals surface area contributed by atoms with Crippen molar-refractivity contribution in [3.63, 3.8) is 0 Å². The molecular formula is C11H20O2Si. The van der Waals surface area contributed by atoms with Crippen LogP contribution < -0.4 is 0 Å². The van der Waals surface area contributed by atoms with Gasteiger partial charge in [-0.25, -0.2) is 0 Å². The smallest absolute Gasteiger partial charge is 0.151 e. The Kier molecular flexibility index (Phi) is 6.15. The maximum absolute atomic E-state index is 5.53. The van der Waals surface area contributed by atoms with Gasteiger partial charge in [0.05, 0.1) is 0 Å². The molecule has 0 aromatic heterocycles. The van der Waals surface area contributed by atoms with E-state index in [-0.39, 0.29) is 5.91 Å². The first kappa shape index (κ1) is 11.9. The van der Waals surface area contributed by atoms with Gasteiger partial charge in [0.25, 0.3) is 0 Å². The van der Waals surface area contributed by atoms with Gasteiger partial charge in [-0.2, -0.15) is 0 Å². The van der Waals surface area contributed by atoms with Crippen molar-refractivity contribution < 1.29 is 9.47 Å². The zero-order chi connectivity index (χ0) is 10.2. The lowest BCUT2D eigenvalue weighted by atomic mass is 10.1. The molecule has 0 atom stereocenters. The van der Waals surface area contributed by atoms with Gasteiger partial charge in [-0.3, -0.25) is 0 Å². The molecule has 2 nitrogen and oxygen atoms in total. The highest BCUT2D eigenvalue weighted by molar-refractivity contribution is 6.46. The van der Waals surface area contributed by atoms with Crippen molar-refractivity contribution in [1.29, 1.82) is 0 Å². The Bertz CT molecular complexity index is 174. The van der Waals surface area contributed by atoms with Crippen LogP contribution in [0.25, 0.3) is 0 Å². The van der Waals surface area contributed by atoms with Crippen LogP contribution in [0.5, 0.6) is 0 Å². The van der Waals surface area contributed by atoms with Crippen molar-refractivity contribution in [1.82, 2.24) is 0 Å². The van der Waals surface area contributed by atoms with Crippen LogP contribution in [0.15, 0.2) is 11.3 Å². The predicted octanol–water partition coefficient (Wildman–Crippen LogP) is 2.51. The highest BCUT2D eigenvalue weighted by atomic mass is 28.2. The zero-order valence-electron chi connectivity index (χ0n) is 9.21. The molecule has 80 valence electrons. The maximum atomic E-state index is 5.53. The normalized spacial score (nSPS) is 17.2. The molecule has 0 saturated heterocycles. The summed E-state index contributed by atoms with van der Waals surface area (Å²) in [5, 5.41) is 1.54. The fraction of sp³-hybridized carbons (Fsp3) is 0.818. The fourth-order valence-corrected chi connectivity index (χ4v) is 2.94. The Morgan fingerprint density at radius 2 is 2.00 bits per heavy atom. The third kappa shape index (κ3) is 4.40. The van der Waals surface area contributed by atoms with Crippen LogP contribution in [0.1, 0.15) is 39.5 Å². The van der Waals surface area contributed by atoms with Crippen LogP contribution >= 0.6 is 0 Å². The molecule has 2 radical (unpaired) electrons. The third-order valence-electron chi connectivity index (χ3n) is 2.23. The van der Waals surface area contributed by atoms with Gasteiger partial charge < -0.3 is 9.47 Å². The Balaban J connectivity index is 2.32. The van der Waals surface area contributed by atoms with Crippen molar-refractivity contribution in [2.24, 2.45) is 0 Å².